The predicted molar refractivity (Wildman–Crippen MR) is 84.4 cm³/mol. The van der Waals surface area contributed by atoms with E-state index in [9.17, 15) is 5.11 Å². The fourth-order valence-electron chi connectivity index (χ4n) is 1.75. The highest BCUT2D eigenvalue weighted by atomic mass is 32.1. The number of aliphatic hydroxyl groups is 1. The topological polar surface area (TPSA) is 44.3 Å². The minimum absolute atomic E-state index is 0.0630. The van der Waals surface area contributed by atoms with Gasteiger partial charge in [0.2, 0.25) is 0 Å². The van der Waals surface area contributed by atoms with Crippen LogP contribution in [-0.2, 0) is 5.41 Å². The third-order valence-corrected chi connectivity index (χ3v) is 3.19. The van der Waals surface area contributed by atoms with E-state index >= 15 is 0 Å². The summed E-state index contributed by atoms with van der Waals surface area (Å²) in [5.41, 5.74) is 0.695. The molecule has 0 amide bonds. The Morgan fingerprint density at radius 1 is 1.16 bits per heavy atom. The van der Waals surface area contributed by atoms with Crippen molar-refractivity contribution in [2.75, 3.05) is 13.2 Å². The number of hydrogen-bond donors (Lipinski definition) is 3. The summed E-state index contributed by atoms with van der Waals surface area (Å²) >= 11 is 5.26. The molecule has 19 heavy (non-hydrogen) atoms. The molecule has 4 heteroatoms. The van der Waals surface area contributed by atoms with Gasteiger partial charge in [0.05, 0.1) is 6.61 Å². The Morgan fingerprint density at radius 2 is 1.74 bits per heavy atom. The molecule has 1 atom stereocenters. The lowest BCUT2D eigenvalue weighted by Crippen LogP contribution is -2.50. The summed E-state index contributed by atoms with van der Waals surface area (Å²) in [6.45, 7) is 8.86. The summed E-state index contributed by atoms with van der Waals surface area (Å²) in [4.78, 5) is 0. The SMILES string of the molecule is CC(C)(C)NC(=S)NCC(C)(CO)c1ccccc1. The second kappa shape index (κ2) is 6.35. The van der Waals surface area contributed by atoms with Crippen LogP contribution in [0.5, 0.6) is 0 Å². The molecule has 3 N–H and O–H groups in total. The van der Waals surface area contributed by atoms with E-state index in [-0.39, 0.29) is 17.6 Å². The van der Waals surface area contributed by atoms with Gasteiger partial charge in [0.15, 0.2) is 5.11 Å². The van der Waals surface area contributed by atoms with Crippen molar-refractivity contribution in [1.29, 1.82) is 0 Å². The Hall–Kier alpha value is -1.13. The molecule has 0 spiro atoms. The summed E-state index contributed by atoms with van der Waals surface area (Å²) in [7, 11) is 0. The van der Waals surface area contributed by atoms with Crippen molar-refractivity contribution in [2.45, 2.75) is 38.6 Å². The fraction of sp³-hybridized carbons (Fsp3) is 0.533. The summed E-state index contributed by atoms with van der Waals surface area (Å²) in [6, 6.07) is 9.99. The molecule has 3 nitrogen and oxygen atoms in total. The lowest BCUT2D eigenvalue weighted by molar-refractivity contribution is 0.206. The zero-order chi connectivity index (χ0) is 14.5. The van der Waals surface area contributed by atoms with Crippen LogP contribution in [-0.4, -0.2) is 28.9 Å². The van der Waals surface area contributed by atoms with Gasteiger partial charge in [-0.05, 0) is 38.6 Å². The smallest absolute Gasteiger partial charge is 0.166 e. The summed E-state index contributed by atoms with van der Waals surface area (Å²) < 4.78 is 0. The van der Waals surface area contributed by atoms with Crippen LogP contribution in [0, 0.1) is 0 Å². The quantitative estimate of drug-likeness (QED) is 0.740. The van der Waals surface area contributed by atoms with Crippen LogP contribution in [0.2, 0.25) is 0 Å². The Balaban J connectivity index is 2.65. The van der Waals surface area contributed by atoms with Gasteiger partial charge < -0.3 is 15.7 Å². The molecule has 0 saturated carbocycles. The molecule has 1 aromatic rings. The second-order valence-electron chi connectivity index (χ2n) is 6.14. The van der Waals surface area contributed by atoms with Crippen molar-refractivity contribution in [1.82, 2.24) is 10.6 Å². The van der Waals surface area contributed by atoms with E-state index in [1.54, 1.807) is 0 Å². The number of rotatable bonds is 4. The highest BCUT2D eigenvalue weighted by Crippen LogP contribution is 2.22. The third kappa shape index (κ3) is 5.17. The van der Waals surface area contributed by atoms with Gasteiger partial charge in [-0.2, -0.15) is 0 Å². The molecule has 0 aliphatic carbocycles. The number of hydrogen-bond acceptors (Lipinski definition) is 2. The molecule has 0 aliphatic rings. The molecule has 1 rings (SSSR count). The molecular weight excluding hydrogens is 256 g/mol. The highest BCUT2D eigenvalue weighted by molar-refractivity contribution is 7.80. The Bertz CT molecular complexity index is 414. The average molecular weight is 280 g/mol. The van der Waals surface area contributed by atoms with Crippen molar-refractivity contribution in [2.24, 2.45) is 0 Å². The van der Waals surface area contributed by atoms with Crippen LogP contribution in [0.25, 0.3) is 0 Å². The van der Waals surface area contributed by atoms with Gasteiger partial charge in [0.25, 0.3) is 0 Å². The minimum Gasteiger partial charge on any atom is -0.395 e. The molecular formula is C15H24N2OS. The number of nitrogens with one attached hydrogen (secondary N) is 2. The lowest BCUT2D eigenvalue weighted by Gasteiger charge is -2.30. The van der Waals surface area contributed by atoms with E-state index in [4.69, 9.17) is 12.2 Å². The largest absolute Gasteiger partial charge is 0.395 e. The molecule has 0 heterocycles. The van der Waals surface area contributed by atoms with Crippen LogP contribution in [0.4, 0.5) is 0 Å². The second-order valence-corrected chi connectivity index (χ2v) is 6.55. The molecule has 1 aromatic carbocycles. The van der Waals surface area contributed by atoms with E-state index in [0.29, 0.717) is 11.7 Å². The molecule has 0 radical (unpaired) electrons. The molecule has 1 unspecified atom stereocenters. The van der Waals surface area contributed by atoms with E-state index in [2.05, 4.69) is 31.4 Å². The average Bonchev–Trinajstić information content (AvgIpc) is 2.35. The molecule has 0 bridgehead atoms. The normalized spacial score (nSPS) is 14.6. The first kappa shape index (κ1) is 15.9. The van der Waals surface area contributed by atoms with Crippen molar-refractivity contribution in [3.05, 3.63) is 35.9 Å². The zero-order valence-electron chi connectivity index (χ0n) is 12.2. The maximum atomic E-state index is 9.68. The number of aliphatic hydroxyl groups excluding tert-OH is 1. The number of benzene rings is 1. The van der Waals surface area contributed by atoms with Crippen LogP contribution in [0.3, 0.4) is 0 Å². The molecule has 0 fully saturated rings. The zero-order valence-corrected chi connectivity index (χ0v) is 13.0. The summed E-state index contributed by atoms with van der Waals surface area (Å²) in [5, 5.41) is 16.7. The Labute approximate surface area is 121 Å². The maximum Gasteiger partial charge on any atom is 0.166 e. The van der Waals surface area contributed by atoms with E-state index in [0.717, 1.165) is 5.56 Å². The van der Waals surface area contributed by atoms with Gasteiger partial charge in [-0.1, -0.05) is 37.3 Å². The fourth-order valence-corrected chi connectivity index (χ4v) is 2.13. The first-order valence-corrected chi connectivity index (χ1v) is 6.90. The van der Waals surface area contributed by atoms with Gasteiger partial charge in [-0.3, -0.25) is 0 Å². The van der Waals surface area contributed by atoms with Crippen molar-refractivity contribution in [3.63, 3.8) is 0 Å². The van der Waals surface area contributed by atoms with Gasteiger partial charge in [0, 0.05) is 17.5 Å². The van der Waals surface area contributed by atoms with Crippen LogP contribution in [0.1, 0.15) is 33.3 Å². The number of thiocarbonyl (C=S) groups is 1. The van der Waals surface area contributed by atoms with Crippen LogP contribution < -0.4 is 10.6 Å². The van der Waals surface area contributed by atoms with Crippen molar-refractivity contribution < 1.29 is 5.11 Å². The summed E-state index contributed by atoms with van der Waals surface area (Å²) in [6.07, 6.45) is 0. The van der Waals surface area contributed by atoms with E-state index in [1.807, 2.05) is 37.3 Å². The molecule has 0 saturated heterocycles. The lowest BCUT2D eigenvalue weighted by atomic mass is 9.83. The first-order valence-electron chi connectivity index (χ1n) is 6.49. The van der Waals surface area contributed by atoms with Crippen molar-refractivity contribution in [3.8, 4) is 0 Å². The van der Waals surface area contributed by atoms with E-state index < -0.39 is 0 Å². The van der Waals surface area contributed by atoms with Crippen LogP contribution in [0.15, 0.2) is 30.3 Å². The molecule has 0 aromatic heterocycles. The van der Waals surface area contributed by atoms with Crippen LogP contribution >= 0.6 is 12.2 Å². The van der Waals surface area contributed by atoms with Gasteiger partial charge >= 0.3 is 0 Å². The molecule has 106 valence electrons. The van der Waals surface area contributed by atoms with Gasteiger partial charge in [-0.25, -0.2) is 0 Å². The first-order chi connectivity index (χ1) is 8.77. The standard InChI is InChI=1S/C15H24N2OS/c1-14(2,3)17-13(19)16-10-15(4,11-18)12-8-6-5-7-9-12/h5-9,18H,10-11H2,1-4H3,(H2,16,17,19). The summed E-state index contributed by atoms with van der Waals surface area (Å²) in [5.74, 6) is 0. The highest BCUT2D eigenvalue weighted by Gasteiger charge is 2.26. The Kier molecular flexibility index (Phi) is 5.32. The van der Waals surface area contributed by atoms with Gasteiger partial charge in [0.1, 0.15) is 0 Å². The van der Waals surface area contributed by atoms with E-state index in [1.165, 1.54) is 0 Å². The predicted octanol–water partition coefficient (Wildman–Crippen LogP) is 2.20. The maximum absolute atomic E-state index is 9.68. The van der Waals surface area contributed by atoms with Gasteiger partial charge in [-0.15, -0.1) is 0 Å². The minimum atomic E-state index is -0.342. The third-order valence-electron chi connectivity index (χ3n) is 2.95. The van der Waals surface area contributed by atoms with Crippen molar-refractivity contribution >= 4 is 17.3 Å². The monoisotopic (exact) mass is 280 g/mol. The molecule has 0 aliphatic heterocycles. The Morgan fingerprint density at radius 3 is 2.21 bits per heavy atom.